The highest BCUT2D eigenvalue weighted by Crippen LogP contribution is 2.57. The van der Waals surface area contributed by atoms with E-state index in [0.717, 1.165) is 12.8 Å². The van der Waals surface area contributed by atoms with E-state index in [0.29, 0.717) is 23.0 Å². The van der Waals surface area contributed by atoms with Gasteiger partial charge in [-0.3, -0.25) is 0 Å². The molecule has 0 bridgehead atoms. The van der Waals surface area contributed by atoms with Crippen LogP contribution in [0.25, 0.3) is 0 Å². The van der Waals surface area contributed by atoms with Crippen LogP contribution >= 0.6 is 0 Å². The molecule has 21 heavy (non-hydrogen) atoms. The lowest BCUT2D eigenvalue weighted by Crippen LogP contribution is -2.34. The molecule has 0 aromatic heterocycles. The lowest BCUT2D eigenvalue weighted by atomic mass is 9.58. The van der Waals surface area contributed by atoms with Crippen molar-refractivity contribution in [3.63, 3.8) is 0 Å². The molecule has 0 heterocycles. The fourth-order valence-electron chi connectivity index (χ4n) is 4.72. The second-order valence-electron chi connectivity index (χ2n) is 7.04. The minimum Gasteiger partial charge on any atom is -0.504 e. The molecule has 0 amide bonds. The first-order valence-electron chi connectivity index (χ1n) is 7.98. The molecule has 110 valence electrons. The molecule has 4 rings (SSSR count). The zero-order chi connectivity index (χ0) is 14.6. The van der Waals surface area contributed by atoms with Crippen LogP contribution in [-0.2, 0) is 6.42 Å². The van der Waals surface area contributed by atoms with Gasteiger partial charge < -0.3 is 9.84 Å². The van der Waals surface area contributed by atoms with E-state index in [1.807, 2.05) is 6.07 Å². The Bertz CT molecular complexity index is 666. The van der Waals surface area contributed by atoms with Crippen molar-refractivity contribution in [2.75, 3.05) is 7.11 Å². The SMILES string of the molecule is COc1cc2c(cc1O)CC[C@H]1C3=C=CC[C@@]3(C)CC[C@H]21. The van der Waals surface area contributed by atoms with Crippen LogP contribution in [0.5, 0.6) is 11.5 Å². The predicted octanol–water partition coefficient (Wildman–Crippen LogP) is 4.33. The molecule has 3 aliphatic rings. The van der Waals surface area contributed by atoms with Crippen LogP contribution in [0.4, 0.5) is 0 Å². The number of ether oxygens (including phenoxy) is 1. The summed E-state index contributed by atoms with van der Waals surface area (Å²) in [4.78, 5) is 0. The summed E-state index contributed by atoms with van der Waals surface area (Å²) in [5.41, 5.74) is 8.19. The molecule has 3 aliphatic carbocycles. The summed E-state index contributed by atoms with van der Waals surface area (Å²) in [6.07, 6.45) is 8.13. The fraction of sp³-hybridized carbons (Fsp3) is 0.526. The van der Waals surface area contributed by atoms with Crippen molar-refractivity contribution in [1.82, 2.24) is 0 Å². The molecule has 0 unspecified atom stereocenters. The van der Waals surface area contributed by atoms with Crippen LogP contribution < -0.4 is 4.74 Å². The lowest BCUT2D eigenvalue weighted by Gasteiger charge is -2.45. The van der Waals surface area contributed by atoms with Crippen molar-refractivity contribution in [2.45, 2.75) is 44.9 Å². The van der Waals surface area contributed by atoms with Crippen LogP contribution in [0.15, 0.2) is 29.5 Å². The van der Waals surface area contributed by atoms with Gasteiger partial charge in [0.1, 0.15) is 0 Å². The summed E-state index contributed by atoms with van der Waals surface area (Å²) in [5.74, 6) is 2.09. The molecule has 3 atom stereocenters. The Kier molecular flexibility index (Phi) is 2.74. The number of aromatic hydroxyl groups is 1. The number of benzene rings is 1. The van der Waals surface area contributed by atoms with Gasteiger partial charge in [-0.15, -0.1) is 5.73 Å². The molecular weight excluding hydrogens is 260 g/mol. The number of fused-ring (bicyclic) bond motifs is 5. The van der Waals surface area contributed by atoms with Gasteiger partial charge >= 0.3 is 0 Å². The van der Waals surface area contributed by atoms with E-state index in [1.165, 1.54) is 30.4 Å². The molecule has 2 heteroatoms. The molecule has 0 radical (unpaired) electrons. The maximum absolute atomic E-state index is 10.0. The largest absolute Gasteiger partial charge is 0.504 e. The average molecular weight is 282 g/mol. The third-order valence-corrected chi connectivity index (χ3v) is 5.89. The summed E-state index contributed by atoms with van der Waals surface area (Å²) in [5, 5.41) is 10.0. The smallest absolute Gasteiger partial charge is 0.160 e. The Labute approximate surface area is 126 Å². The van der Waals surface area contributed by atoms with Gasteiger partial charge in [-0.2, -0.15) is 0 Å². The quantitative estimate of drug-likeness (QED) is 0.777. The monoisotopic (exact) mass is 282 g/mol. The van der Waals surface area contributed by atoms with E-state index in [2.05, 4.69) is 24.8 Å². The van der Waals surface area contributed by atoms with Crippen LogP contribution in [-0.4, -0.2) is 12.2 Å². The van der Waals surface area contributed by atoms with E-state index < -0.39 is 0 Å². The summed E-state index contributed by atoms with van der Waals surface area (Å²) < 4.78 is 5.32. The molecule has 0 aliphatic heterocycles. The number of methoxy groups -OCH3 is 1. The van der Waals surface area contributed by atoms with Gasteiger partial charge in [-0.05, 0) is 78.8 Å². The van der Waals surface area contributed by atoms with Gasteiger partial charge in [0.15, 0.2) is 11.5 Å². The number of hydrogen-bond donors (Lipinski definition) is 1. The number of phenols is 1. The standard InChI is InChI=1S/C19H22O2/c1-19-8-3-4-16(19)14-6-5-12-10-17(20)18(21-2)11-15(12)13(14)7-9-19/h3,10-11,13-14,20H,5-9H2,1-2H3/t13-,14+,19-/m0/s1. The first-order chi connectivity index (χ1) is 10.1. The predicted molar refractivity (Wildman–Crippen MR) is 82.8 cm³/mol. The maximum Gasteiger partial charge on any atom is 0.160 e. The Hall–Kier alpha value is -1.66. The molecule has 1 aromatic carbocycles. The molecule has 2 nitrogen and oxygen atoms in total. The van der Waals surface area contributed by atoms with Gasteiger partial charge in [0.2, 0.25) is 0 Å². The summed E-state index contributed by atoms with van der Waals surface area (Å²) in [7, 11) is 1.63. The van der Waals surface area contributed by atoms with Crippen molar-refractivity contribution in [3.8, 4) is 11.5 Å². The Balaban J connectivity index is 1.79. The first-order valence-corrected chi connectivity index (χ1v) is 7.98. The number of aryl methyl sites for hydroxylation is 1. The van der Waals surface area contributed by atoms with Gasteiger partial charge in [0, 0.05) is 5.41 Å². The highest BCUT2D eigenvalue weighted by molar-refractivity contribution is 5.50. The third kappa shape index (κ3) is 1.79. The van der Waals surface area contributed by atoms with E-state index in [9.17, 15) is 5.11 Å². The van der Waals surface area contributed by atoms with Crippen molar-refractivity contribution >= 4 is 0 Å². The Morgan fingerprint density at radius 1 is 1.29 bits per heavy atom. The molecule has 1 N–H and O–H groups in total. The van der Waals surface area contributed by atoms with Crippen molar-refractivity contribution in [3.05, 3.63) is 40.6 Å². The normalized spacial score (nSPS) is 33.0. The first kappa shape index (κ1) is 13.0. The van der Waals surface area contributed by atoms with Gasteiger partial charge in [0.25, 0.3) is 0 Å². The molecule has 0 spiro atoms. The van der Waals surface area contributed by atoms with Crippen LogP contribution in [0, 0.1) is 11.3 Å². The number of hydrogen-bond acceptors (Lipinski definition) is 2. The fourth-order valence-corrected chi connectivity index (χ4v) is 4.72. The summed E-state index contributed by atoms with van der Waals surface area (Å²) >= 11 is 0. The van der Waals surface area contributed by atoms with Gasteiger partial charge in [-0.1, -0.05) is 6.92 Å². The molecule has 0 saturated heterocycles. The Morgan fingerprint density at radius 2 is 2.14 bits per heavy atom. The minimum absolute atomic E-state index is 0.273. The highest BCUT2D eigenvalue weighted by Gasteiger charge is 2.45. The van der Waals surface area contributed by atoms with Gasteiger partial charge in [0.05, 0.1) is 7.11 Å². The lowest BCUT2D eigenvalue weighted by molar-refractivity contribution is 0.221. The second-order valence-corrected chi connectivity index (χ2v) is 7.04. The second kappa shape index (κ2) is 4.42. The molecule has 1 aromatic rings. The summed E-state index contributed by atoms with van der Waals surface area (Å²) in [6.45, 7) is 2.40. The zero-order valence-corrected chi connectivity index (χ0v) is 12.8. The van der Waals surface area contributed by atoms with Crippen LogP contribution in [0.2, 0.25) is 0 Å². The van der Waals surface area contributed by atoms with E-state index in [4.69, 9.17) is 4.74 Å². The van der Waals surface area contributed by atoms with Crippen molar-refractivity contribution in [1.29, 1.82) is 0 Å². The molecule has 1 saturated carbocycles. The van der Waals surface area contributed by atoms with Crippen molar-refractivity contribution < 1.29 is 9.84 Å². The van der Waals surface area contributed by atoms with E-state index >= 15 is 0 Å². The van der Waals surface area contributed by atoms with Crippen LogP contribution in [0.3, 0.4) is 0 Å². The Morgan fingerprint density at radius 3 is 2.95 bits per heavy atom. The molecule has 1 fully saturated rings. The zero-order valence-electron chi connectivity index (χ0n) is 12.8. The molecular formula is C19H22O2. The third-order valence-electron chi connectivity index (χ3n) is 5.89. The number of rotatable bonds is 1. The van der Waals surface area contributed by atoms with E-state index in [1.54, 1.807) is 12.7 Å². The van der Waals surface area contributed by atoms with E-state index in [-0.39, 0.29) is 5.75 Å². The maximum atomic E-state index is 10.0. The number of allylic oxidation sites excluding steroid dienone is 1. The summed E-state index contributed by atoms with van der Waals surface area (Å²) in [6, 6.07) is 3.99. The highest BCUT2D eigenvalue weighted by atomic mass is 16.5. The number of phenolic OH excluding ortho intramolecular Hbond substituents is 1. The van der Waals surface area contributed by atoms with Crippen molar-refractivity contribution in [2.24, 2.45) is 11.3 Å². The average Bonchev–Trinajstić information content (AvgIpc) is 2.88. The topological polar surface area (TPSA) is 29.5 Å². The minimum atomic E-state index is 0.273. The van der Waals surface area contributed by atoms with Crippen LogP contribution in [0.1, 0.15) is 49.7 Å². The van der Waals surface area contributed by atoms with Gasteiger partial charge in [-0.25, -0.2) is 0 Å².